The molecule has 0 spiro atoms. The maximum absolute atomic E-state index is 11.7. The zero-order valence-electron chi connectivity index (χ0n) is 11.9. The second-order valence-electron chi connectivity index (χ2n) is 4.26. The van der Waals surface area contributed by atoms with Gasteiger partial charge in [-0.25, -0.2) is 9.78 Å². The molecule has 2 atom stereocenters. The van der Waals surface area contributed by atoms with Gasteiger partial charge in [-0.05, 0) is 13.8 Å². The summed E-state index contributed by atoms with van der Waals surface area (Å²) in [5.74, 6) is -0.372. The normalized spacial score (nSPS) is 13.6. The molecule has 0 bridgehead atoms. The minimum atomic E-state index is -0.933. The Hall–Kier alpha value is -1.28. The zero-order valence-corrected chi connectivity index (χ0v) is 13.5. The lowest BCUT2D eigenvalue weighted by atomic mass is 10.3. The molecule has 1 rings (SSSR count). The first kappa shape index (κ1) is 16.8. The van der Waals surface area contributed by atoms with Crippen molar-refractivity contribution in [2.45, 2.75) is 26.8 Å². The SMILES string of the molecule is CCOC(=O)c1nc(NC(C)CS(C)=O)sc1C(C)=O. The van der Waals surface area contributed by atoms with Crippen LogP contribution in [0.25, 0.3) is 0 Å². The van der Waals surface area contributed by atoms with Crippen LogP contribution in [0.3, 0.4) is 0 Å². The molecule has 1 heterocycles. The quantitative estimate of drug-likeness (QED) is 0.608. The first-order chi connectivity index (χ1) is 9.35. The number of Topliss-reactive ketones (excluding diaryl/α,β-unsaturated/α-hetero) is 1. The fourth-order valence-electron chi connectivity index (χ4n) is 1.56. The molecule has 1 N–H and O–H groups in total. The van der Waals surface area contributed by atoms with Gasteiger partial charge in [-0.2, -0.15) is 0 Å². The molecule has 8 heteroatoms. The van der Waals surface area contributed by atoms with Crippen LogP contribution in [0.15, 0.2) is 0 Å². The monoisotopic (exact) mass is 318 g/mol. The first-order valence-electron chi connectivity index (χ1n) is 6.10. The van der Waals surface area contributed by atoms with Crippen molar-refractivity contribution < 1.29 is 18.5 Å². The van der Waals surface area contributed by atoms with Crippen LogP contribution in [0.1, 0.15) is 40.9 Å². The maximum atomic E-state index is 11.7. The van der Waals surface area contributed by atoms with Gasteiger partial charge in [0, 0.05) is 35.8 Å². The van der Waals surface area contributed by atoms with Crippen molar-refractivity contribution in [3.05, 3.63) is 10.6 Å². The molecule has 0 saturated carbocycles. The smallest absolute Gasteiger partial charge is 0.358 e. The van der Waals surface area contributed by atoms with Crippen molar-refractivity contribution in [1.29, 1.82) is 0 Å². The summed E-state index contributed by atoms with van der Waals surface area (Å²) in [5.41, 5.74) is 0.0386. The highest BCUT2D eigenvalue weighted by Crippen LogP contribution is 2.25. The number of carbonyl (C=O) groups is 2. The summed E-state index contributed by atoms with van der Waals surface area (Å²) in [5, 5.41) is 3.50. The van der Waals surface area contributed by atoms with Crippen LogP contribution < -0.4 is 5.32 Å². The number of esters is 1. The third-order valence-electron chi connectivity index (χ3n) is 2.27. The van der Waals surface area contributed by atoms with E-state index >= 15 is 0 Å². The van der Waals surface area contributed by atoms with Crippen molar-refractivity contribution in [3.8, 4) is 0 Å². The third kappa shape index (κ3) is 4.68. The highest BCUT2D eigenvalue weighted by atomic mass is 32.2. The van der Waals surface area contributed by atoms with Gasteiger partial charge in [-0.1, -0.05) is 11.3 Å². The Balaban J connectivity index is 2.94. The minimum Gasteiger partial charge on any atom is -0.461 e. The lowest BCUT2D eigenvalue weighted by Gasteiger charge is -2.10. The minimum absolute atomic E-state index is 0.0386. The molecule has 0 radical (unpaired) electrons. The molecule has 0 aliphatic carbocycles. The summed E-state index contributed by atoms with van der Waals surface area (Å²) in [4.78, 5) is 27.7. The van der Waals surface area contributed by atoms with Crippen LogP contribution in [0.5, 0.6) is 0 Å². The Labute approximate surface area is 124 Å². The van der Waals surface area contributed by atoms with E-state index in [1.54, 1.807) is 13.2 Å². The fourth-order valence-corrected chi connectivity index (χ4v) is 3.31. The molecule has 0 amide bonds. The van der Waals surface area contributed by atoms with E-state index in [1.807, 2.05) is 6.92 Å². The predicted octanol–water partition coefficient (Wildman–Crippen LogP) is 1.70. The van der Waals surface area contributed by atoms with Crippen molar-refractivity contribution in [2.24, 2.45) is 0 Å². The number of rotatable bonds is 7. The van der Waals surface area contributed by atoms with E-state index < -0.39 is 16.8 Å². The highest BCUT2D eigenvalue weighted by Gasteiger charge is 2.22. The van der Waals surface area contributed by atoms with Gasteiger partial charge in [0.05, 0.1) is 6.61 Å². The summed E-state index contributed by atoms with van der Waals surface area (Å²) in [6.07, 6.45) is 1.62. The van der Waals surface area contributed by atoms with Crippen LogP contribution >= 0.6 is 11.3 Å². The predicted molar refractivity (Wildman–Crippen MR) is 80.1 cm³/mol. The summed E-state index contributed by atoms with van der Waals surface area (Å²) >= 11 is 1.11. The number of hydrogen-bond acceptors (Lipinski definition) is 7. The molecule has 0 aromatic carbocycles. The van der Waals surface area contributed by atoms with Gasteiger partial charge >= 0.3 is 5.97 Å². The van der Waals surface area contributed by atoms with Gasteiger partial charge in [-0.15, -0.1) is 0 Å². The Kier molecular flexibility index (Phi) is 6.28. The van der Waals surface area contributed by atoms with Gasteiger partial charge in [0.2, 0.25) is 0 Å². The van der Waals surface area contributed by atoms with Crippen LogP contribution in [0, 0.1) is 0 Å². The van der Waals surface area contributed by atoms with Crippen molar-refractivity contribution >= 4 is 39.0 Å². The fraction of sp³-hybridized carbons (Fsp3) is 0.583. The molecule has 20 heavy (non-hydrogen) atoms. The van der Waals surface area contributed by atoms with Crippen molar-refractivity contribution in [3.63, 3.8) is 0 Å². The lowest BCUT2D eigenvalue weighted by Crippen LogP contribution is -2.22. The molecular formula is C12H18N2O4S2. The van der Waals surface area contributed by atoms with E-state index in [-0.39, 0.29) is 29.0 Å². The summed E-state index contributed by atoms with van der Waals surface area (Å²) in [6.45, 7) is 5.15. The topological polar surface area (TPSA) is 85.4 Å². The molecule has 0 aliphatic heterocycles. The summed E-state index contributed by atoms with van der Waals surface area (Å²) in [7, 11) is -0.933. The molecule has 0 fully saturated rings. The number of nitrogens with zero attached hydrogens (tertiary/aromatic N) is 1. The molecule has 0 aliphatic rings. The number of anilines is 1. The number of ether oxygens (including phenoxy) is 1. The van der Waals surface area contributed by atoms with E-state index in [9.17, 15) is 13.8 Å². The number of aromatic nitrogens is 1. The zero-order chi connectivity index (χ0) is 15.3. The Bertz CT molecular complexity index is 528. The average molecular weight is 318 g/mol. The number of ketones is 1. The number of carbonyl (C=O) groups excluding carboxylic acids is 2. The van der Waals surface area contributed by atoms with Crippen LogP contribution in [-0.2, 0) is 15.5 Å². The van der Waals surface area contributed by atoms with Gasteiger partial charge in [-0.3, -0.25) is 9.00 Å². The Morgan fingerprint density at radius 1 is 1.50 bits per heavy atom. The summed E-state index contributed by atoms with van der Waals surface area (Å²) in [6, 6.07) is -0.0677. The van der Waals surface area contributed by atoms with E-state index in [1.165, 1.54) is 6.92 Å². The van der Waals surface area contributed by atoms with Gasteiger partial charge in [0.15, 0.2) is 16.6 Å². The van der Waals surface area contributed by atoms with Crippen LogP contribution in [0.4, 0.5) is 5.13 Å². The standard InChI is InChI=1S/C12H18N2O4S2/c1-5-18-11(16)9-10(8(3)15)19-12(14-9)13-7(2)6-20(4)17/h7H,5-6H2,1-4H3,(H,13,14). The van der Waals surface area contributed by atoms with E-state index in [0.717, 1.165) is 11.3 Å². The van der Waals surface area contributed by atoms with E-state index in [0.29, 0.717) is 10.9 Å². The van der Waals surface area contributed by atoms with Gasteiger partial charge in [0.25, 0.3) is 0 Å². The number of nitrogens with one attached hydrogen (secondary N) is 1. The molecule has 1 aromatic heterocycles. The highest BCUT2D eigenvalue weighted by molar-refractivity contribution is 7.84. The lowest BCUT2D eigenvalue weighted by molar-refractivity contribution is 0.0517. The average Bonchev–Trinajstić information content (AvgIpc) is 2.72. The van der Waals surface area contributed by atoms with Crippen LogP contribution in [-0.4, -0.2) is 45.6 Å². The summed E-state index contributed by atoms with van der Waals surface area (Å²) < 4.78 is 16.0. The molecule has 6 nitrogen and oxygen atoms in total. The Morgan fingerprint density at radius 2 is 2.15 bits per heavy atom. The number of hydrogen-bond donors (Lipinski definition) is 1. The number of thiazole rings is 1. The third-order valence-corrected chi connectivity index (χ3v) is 4.33. The second-order valence-corrected chi connectivity index (χ2v) is 6.74. The first-order valence-corrected chi connectivity index (χ1v) is 8.65. The van der Waals surface area contributed by atoms with Gasteiger partial charge < -0.3 is 10.1 Å². The Morgan fingerprint density at radius 3 is 2.65 bits per heavy atom. The van der Waals surface area contributed by atoms with Crippen molar-refractivity contribution in [1.82, 2.24) is 4.98 Å². The molecule has 112 valence electrons. The van der Waals surface area contributed by atoms with E-state index in [4.69, 9.17) is 4.74 Å². The van der Waals surface area contributed by atoms with Crippen LogP contribution in [0.2, 0.25) is 0 Å². The second kappa shape index (κ2) is 7.49. The molecular weight excluding hydrogens is 300 g/mol. The van der Waals surface area contributed by atoms with Gasteiger partial charge in [0.1, 0.15) is 4.88 Å². The maximum Gasteiger partial charge on any atom is 0.358 e. The van der Waals surface area contributed by atoms with Crippen molar-refractivity contribution in [2.75, 3.05) is 23.9 Å². The largest absolute Gasteiger partial charge is 0.461 e. The van der Waals surface area contributed by atoms with E-state index in [2.05, 4.69) is 10.3 Å². The molecule has 2 unspecified atom stereocenters. The molecule has 0 saturated heterocycles. The molecule has 1 aromatic rings.